The topological polar surface area (TPSA) is 174 Å². The van der Waals surface area contributed by atoms with E-state index in [-0.39, 0.29) is 65.3 Å². The number of carbonyl (C=O) groups is 1. The van der Waals surface area contributed by atoms with Gasteiger partial charge in [0.05, 0.1) is 36.3 Å². The molecule has 6 rings (SSSR count). The van der Waals surface area contributed by atoms with Crippen molar-refractivity contribution in [2.75, 3.05) is 19.7 Å². The molecule has 46 heavy (non-hydrogen) atoms. The first-order valence-corrected chi connectivity index (χ1v) is 16.9. The summed E-state index contributed by atoms with van der Waals surface area (Å²) in [6.07, 6.45) is 3.86. The van der Waals surface area contributed by atoms with Crippen LogP contribution in [-0.4, -0.2) is 79.9 Å². The molecule has 2 aliphatic rings. The highest BCUT2D eigenvalue weighted by molar-refractivity contribution is 7.89. The van der Waals surface area contributed by atoms with Crippen LogP contribution < -0.4 is 15.6 Å². The summed E-state index contributed by atoms with van der Waals surface area (Å²) in [5.74, 6) is 0.272. The number of fused-ring (bicyclic) bond motifs is 2. The molecule has 4 aromatic rings. The van der Waals surface area contributed by atoms with Gasteiger partial charge in [-0.25, -0.2) is 23.2 Å². The average molecular weight is 651 g/mol. The van der Waals surface area contributed by atoms with Gasteiger partial charge in [0.2, 0.25) is 15.9 Å². The van der Waals surface area contributed by atoms with E-state index < -0.39 is 27.3 Å². The molecule has 0 bridgehead atoms. The van der Waals surface area contributed by atoms with Crippen LogP contribution in [0.3, 0.4) is 0 Å². The van der Waals surface area contributed by atoms with Crippen molar-refractivity contribution in [2.45, 2.75) is 70.5 Å². The summed E-state index contributed by atoms with van der Waals surface area (Å²) in [6.45, 7) is 10.3. The molecule has 1 unspecified atom stereocenters. The molecule has 2 N–H and O–H groups in total. The highest BCUT2D eigenvalue weighted by atomic mass is 32.2. The van der Waals surface area contributed by atoms with E-state index in [2.05, 4.69) is 25.4 Å². The maximum Gasteiger partial charge on any atom is 0.407 e. The first-order chi connectivity index (χ1) is 21.9. The lowest BCUT2D eigenvalue weighted by molar-refractivity contribution is 0.0516. The number of H-pyrrole nitrogens is 1. The molecule has 1 aliphatic heterocycles. The van der Waals surface area contributed by atoms with Crippen LogP contribution in [0.1, 0.15) is 52.4 Å². The Balaban J connectivity index is 1.30. The molecule has 0 aromatic carbocycles. The van der Waals surface area contributed by atoms with Crippen LogP contribution in [0.25, 0.3) is 22.4 Å². The fourth-order valence-electron chi connectivity index (χ4n) is 5.94. The van der Waals surface area contributed by atoms with Crippen LogP contribution >= 0.6 is 0 Å². The van der Waals surface area contributed by atoms with E-state index in [9.17, 15) is 18.0 Å². The molecule has 0 radical (unpaired) electrons. The van der Waals surface area contributed by atoms with Crippen molar-refractivity contribution in [3.8, 4) is 17.3 Å². The van der Waals surface area contributed by atoms with Crippen molar-refractivity contribution in [3.05, 3.63) is 58.4 Å². The number of nitrogens with zero attached hydrogens (tertiary/aromatic N) is 6. The van der Waals surface area contributed by atoms with Gasteiger partial charge in [-0.3, -0.25) is 14.5 Å². The third kappa shape index (κ3) is 6.20. The second-order valence-electron chi connectivity index (χ2n) is 12.6. The lowest BCUT2D eigenvalue weighted by Gasteiger charge is -2.22. The second kappa shape index (κ2) is 12.1. The van der Waals surface area contributed by atoms with E-state index in [4.69, 9.17) is 14.5 Å². The number of amides is 1. The van der Waals surface area contributed by atoms with Crippen molar-refractivity contribution >= 4 is 27.1 Å². The largest absolute Gasteiger partial charge is 0.477 e. The molecule has 0 spiro atoms. The number of sulfonamides is 1. The number of aromatic nitrogens is 6. The second-order valence-corrected chi connectivity index (χ2v) is 14.5. The van der Waals surface area contributed by atoms with Crippen LogP contribution in [0.2, 0.25) is 0 Å². The minimum absolute atomic E-state index is 0.00235. The Morgan fingerprint density at radius 1 is 1.13 bits per heavy atom. The Morgan fingerprint density at radius 3 is 2.54 bits per heavy atom. The molecule has 244 valence electrons. The van der Waals surface area contributed by atoms with Gasteiger partial charge in [0.15, 0.2) is 5.52 Å². The predicted octanol–water partition coefficient (Wildman–Crippen LogP) is 3.12. The summed E-state index contributed by atoms with van der Waals surface area (Å²) in [5.41, 5.74) is 1.33. The standard InChI is InChI=1S/C31H38N8O6S/c1-6-10-23-25-26(37-39(23)15-18-11-8-9-12-32-18)28(40)36-27(34-25)20-13-19(14-33-29(20)44-7-2)46(42,43)38-16-21-22(17-38)24(21)35-30(41)45-31(3,4)5/h8-9,11-14,21-22,24H,6-7,10,15-17H2,1-5H3,(H,35,41)(H,34,36,40)/t21-,22+,24?. The molecule has 15 heteroatoms. The Bertz CT molecular complexity index is 1920. The van der Waals surface area contributed by atoms with Crippen molar-refractivity contribution in [2.24, 2.45) is 11.8 Å². The molecular formula is C31H38N8O6S. The fraction of sp³-hybridized carbons (Fsp3) is 0.484. The van der Waals surface area contributed by atoms with Gasteiger partial charge in [-0.2, -0.15) is 9.40 Å². The van der Waals surface area contributed by atoms with E-state index in [0.717, 1.165) is 17.8 Å². The predicted molar refractivity (Wildman–Crippen MR) is 169 cm³/mol. The number of hydrogen-bond donors (Lipinski definition) is 2. The van der Waals surface area contributed by atoms with Crippen molar-refractivity contribution in [3.63, 3.8) is 0 Å². The number of aryl methyl sites for hydroxylation is 1. The molecule has 14 nitrogen and oxygen atoms in total. The smallest absolute Gasteiger partial charge is 0.407 e. The number of hydrogen-bond acceptors (Lipinski definition) is 10. The van der Waals surface area contributed by atoms with Gasteiger partial charge in [-0.15, -0.1) is 0 Å². The number of pyridine rings is 2. The first kappa shape index (κ1) is 31.6. The molecule has 5 heterocycles. The van der Waals surface area contributed by atoms with E-state index >= 15 is 0 Å². The molecular weight excluding hydrogens is 612 g/mol. The van der Waals surface area contributed by atoms with Gasteiger partial charge in [0, 0.05) is 25.3 Å². The number of piperidine rings is 1. The lowest BCUT2D eigenvalue weighted by atomic mass is 10.2. The van der Waals surface area contributed by atoms with Gasteiger partial charge in [0.1, 0.15) is 21.8 Å². The van der Waals surface area contributed by atoms with Crippen LogP contribution in [0.4, 0.5) is 4.79 Å². The molecule has 2 fully saturated rings. The Hall–Kier alpha value is -4.37. The highest BCUT2D eigenvalue weighted by Gasteiger charge is 2.59. The maximum absolute atomic E-state index is 13.8. The number of carbonyl (C=O) groups excluding carboxylic acids is 1. The quantitative estimate of drug-likeness (QED) is 0.260. The van der Waals surface area contributed by atoms with E-state index in [1.807, 2.05) is 25.1 Å². The fourth-order valence-corrected chi connectivity index (χ4v) is 7.43. The normalized spacial score (nSPS) is 19.6. The van der Waals surface area contributed by atoms with E-state index in [1.54, 1.807) is 38.6 Å². The molecule has 1 amide bonds. The molecule has 1 aliphatic carbocycles. The third-order valence-corrected chi connectivity index (χ3v) is 9.87. The minimum Gasteiger partial charge on any atom is -0.477 e. The van der Waals surface area contributed by atoms with Crippen LogP contribution in [-0.2, 0) is 27.7 Å². The summed E-state index contributed by atoms with van der Waals surface area (Å²) in [7, 11) is -3.96. The lowest BCUT2D eigenvalue weighted by Crippen LogP contribution is -2.39. The minimum atomic E-state index is -3.96. The van der Waals surface area contributed by atoms with Crippen LogP contribution in [0, 0.1) is 11.8 Å². The summed E-state index contributed by atoms with van der Waals surface area (Å²) in [5, 5.41) is 7.43. The monoisotopic (exact) mass is 650 g/mol. The Kier molecular flexibility index (Phi) is 8.31. The van der Waals surface area contributed by atoms with Gasteiger partial charge in [0.25, 0.3) is 5.56 Å². The van der Waals surface area contributed by atoms with Gasteiger partial charge >= 0.3 is 6.09 Å². The van der Waals surface area contributed by atoms with Crippen LogP contribution in [0.5, 0.6) is 5.88 Å². The summed E-state index contributed by atoms with van der Waals surface area (Å²) in [4.78, 5) is 41.8. The molecule has 1 saturated heterocycles. The Morgan fingerprint density at radius 2 is 1.89 bits per heavy atom. The van der Waals surface area contributed by atoms with Gasteiger partial charge < -0.3 is 19.8 Å². The van der Waals surface area contributed by atoms with E-state index in [0.29, 0.717) is 18.5 Å². The van der Waals surface area contributed by atoms with Crippen molar-refractivity contribution in [1.29, 1.82) is 0 Å². The van der Waals surface area contributed by atoms with Crippen molar-refractivity contribution in [1.82, 2.24) is 39.3 Å². The summed E-state index contributed by atoms with van der Waals surface area (Å²) < 4.78 is 41.8. The zero-order valence-corrected chi connectivity index (χ0v) is 27.3. The zero-order chi connectivity index (χ0) is 32.8. The van der Waals surface area contributed by atoms with Gasteiger partial charge in [-0.05, 0) is 64.2 Å². The number of ether oxygens (including phenoxy) is 2. The summed E-state index contributed by atoms with van der Waals surface area (Å²) in [6, 6.07) is 6.92. The van der Waals surface area contributed by atoms with Gasteiger partial charge in [-0.1, -0.05) is 19.4 Å². The van der Waals surface area contributed by atoms with E-state index in [1.165, 1.54) is 16.6 Å². The first-order valence-electron chi connectivity index (χ1n) is 15.4. The van der Waals surface area contributed by atoms with Crippen molar-refractivity contribution < 1.29 is 22.7 Å². The molecule has 3 atom stereocenters. The van der Waals surface area contributed by atoms with Crippen LogP contribution in [0.15, 0.2) is 46.3 Å². The highest BCUT2D eigenvalue weighted by Crippen LogP contribution is 2.47. The molecule has 1 saturated carbocycles. The zero-order valence-electron chi connectivity index (χ0n) is 26.5. The maximum atomic E-state index is 13.8. The number of aromatic amines is 1. The Labute approximate surface area is 266 Å². The third-order valence-electron chi connectivity index (χ3n) is 8.07. The molecule has 4 aromatic heterocycles. The number of rotatable bonds is 10. The summed E-state index contributed by atoms with van der Waals surface area (Å²) >= 11 is 0. The SMILES string of the molecule is CCCc1c2nc(-c3cc(S(=O)(=O)N4C[C@@H]5C(NC(=O)OC(C)(C)C)[C@@H]5C4)cnc3OCC)[nH]c(=O)c2nn1Cc1ccccn1. The average Bonchev–Trinajstić information content (AvgIpc) is 3.29. The number of alkyl carbamates (subject to hydrolysis) is 1. The number of nitrogens with one attached hydrogen (secondary N) is 2.